The molecule has 0 aromatic heterocycles. The number of para-hydroxylation sites is 2. The third kappa shape index (κ3) is 4.93. The van der Waals surface area contributed by atoms with Crippen LogP contribution in [-0.2, 0) is 10.8 Å². The van der Waals surface area contributed by atoms with Crippen LogP contribution in [0.25, 0.3) is 32.3 Å². The van der Waals surface area contributed by atoms with Gasteiger partial charge in [-0.3, -0.25) is 0 Å². The van der Waals surface area contributed by atoms with Crippen molar-refractivity contribution in [2.75, 3.05) is 9.80 Å². The average molecular weight is 899 g/mol. The zero-order valence-electron chi connectivity index (χ0n) is 38.8. The summed E-state index contributed by atoms with van der Waals surface area (Å²) < 4.78 is 0. The van der Waals surface area contributed by atoms with E-state index in [0.29, 0.717) is 0 Å². The number of hydrogen-bond donors (Lipinski definition) is 0. The molecule has 0 N–H and O–H groups in total. The van der Waals surface area contributed by atoms with E-state index in [4.69, 9.17) is 0 Å². The van der Waals surface area contributed by atoms with Gasteiger partial charge in [0.25, 0.3) is 6.71 Å². The van der Waals surface area contributed by atoms with Crippen molar-refractivity contribution in [1.29, 1.82) is 0 Å². The Labute approximate surface area is 413 Å². The van der Waals surface area contributed by atoms with Gasteiger partial charge < -0.3 is 9.80 Å². The molecule has 71 heavy (non-hydrogen) atoms. The first kappa shape index (κ1) is 39.0. The number of anilines is 6. The zero-order chi connectivity index (χ0) is 46.4. The second-order valence-electron chi connectivity index (χ2n) is 19.9. The van der Waals surface area contributed by atoms with Crippen LogP contribution >= 0.6 is 0 Å². The maximum atomic E-state index is 2.70. The summed E-state index contributed by atoms with van der Waals surface area (Å²) in [5.74, 6) is 0. The van der Waals surface area contributed by atoms with Gasteiger partial charge in [0, 0.05) is 22.4 Å². The quantitative estimate of drug-likeness (QED) is 0.162. The zero-order valence-corrected chi connectivity index (χ0v) is 38.8. The van der Waals surface area contributed by atoms with Crippen LogP contribution in [0.1, 0.15) is 44.5 Å². The lowest BCUT2D eigenvalue weighted by atomic mass is 9.32. The molecular formula is C68H43BN2. The Kier molecular flexibility index (Phi) is 7.86. The lowest BCUT2D eigenvalue weighted by Gasteiger charge is -2.54. The van der Waals surface area contributed by atoms with Crippen molar-refractivity contribution in [1.82, 2.24) is 0 Å². The minimum atomic E-state index is -0.638. The third-order valence-electron chi connectivity index (χ3n) is 16.6. The van der Waals surface area contributed by atoms with Gasteiger partial charge in [-0.2, -0.15) is 0 Å². The molecule has 4 heterocycles. The molecule has 3 heteroatoms. The molecule has 4 aliphatic rings. The molecular weight excluding hydrogens is 856 g/mol. The minimum absolute atomic E-state index is 0.0838. The molecule has 0 bridgehead atoms. The highest BCUT2D eigenvalue weighted by Crippen LogP contribution is 2.63. The summed E-state index contributed by atoms with van der Waals surface area (Å²) in [6.45, 7) is -0.0838. The Morgan fingerprint density at radius 3 is 1.10 bits per heavy atom. The van der Waals surface area contributed by atoms with E-state index < -0.39 is 10.8 Å². The summed E-state index contributed by atoms with van der Waals surface area (Å²) in [7, 11) is 0. The predicted octanol–water partition coefficient (Wildman–Crippen LogP) is 14.6. The van der Waals surface area contributed by atoms with Crippen LogP contribution < -0.4 is 26.2 Å². The monoisotopic (exact) mass is 898 g/mol. The molecule has 0 radical (unpaired) electrons. The van der Waals surface area contributed by atoms with Gasteiger partial charge in [-0.05, 0) is 118 Å². The second kappa shape index (κ2) is 14.3. The number of fused-ring (bicyclic) bond motifs is 12. The fraction of sp³-hybridized carbons (Fsp3) is 0.0294. The topological polar surface area (TPSA) is 6.48 Å². The molecule has 16 rings (SSSR count). The molecule has 12 aromatic carbocycles. The third-order valence-corrected chi connectivity index (χ3v) is 16.6. The maximum Gasteiger partial charge on any atom is 0.252 e. The molecule has 0 saturated heterocycles. The first-order chi connectivity index (χ1) is 35.2. The Balaban J connectivity index is 1.11. The second-order valence-corrected chi connectivity index (χ2v) is 19.9. The number of rotatable bonds is 4. The van der Waals surface area contributed by atoms with Crippen molar-refractivity contribution in [3.05, 3.63) is 305 Å². The van der Waals surface area contributed by atoms with Gasteiger partial charge >= 0.3 is 0 Å². The summed E-state index contributed by atoms with van der Waals surface area (Å²) >= 11 is 0. The SMILES string of the molecule is c1ccc(C2(c3ccccc3)c3cc4ccccc4cc3N3c4cc5ccccc5c5c4B(c4cccc2c43)c2cccc3c2N5c2cc4ccccc4cc2C3(c2ccccc2)c2ccccc2)cc1. The normalized spacial score (nSPS) is 14.9. The Hall–Kier alpha value is -8.92. The van der Waals surface area contributed by atoms with Gasteiger partial charge in [0.2, 0.25) is 0 Å². The van der Waals surface area contributed by atoms with E-state index in [9.17, 15) is 0 Å². The molecule has 0 atom stereocenters. The largest absolute Gasteiger partial charge is 0.311 e. The van der Waals surface area contributed by atoms with E-state index in [1.54, 1.807) is 0 Å². The van der Waals surface area contributed by atoms with Crippen LogP contribution in [-0.4, -0.2) is 6.71 Å². The van der Waals surface area contributed by atoms with E-state index in [0.717, 1.165) is 0 Å². The molecule has 4 aliphatic heterocycles. The summed E-state index contributed by atoms with van der Waals surface area (Å²) in [5, 5.41) is 7.39. The van der Waals surface area contributed by atoms with Crippen LogP contribution in [0.15, 0.2) is 261 Å². The Morgan fingerprint density at radius 2 is 0.634 bits per heavy atom. The van der Waals surface area contributed by atoms with Gasteiger partial charge in [-0.25, -0.2) is 0 Å². The van der Waals surface area contributed by atoms with Gasteiger partial charge in [0.15, 0.2) is 0 Å². The van der Waals surface area contributed by atoms with Crippen molar-refractivity contribution < 1.29 is 0 Å². The first-order valence-corrected chi connectivity index (χ1v) is 25.0. The summed E-state index contributed by atoms with van der Waals surface area (Å²) in [6, 6.07) is 99.1. The molecule has 0 aliphatic carbocycles. The van der Waals surface area contributed by atoms with E-state index in [1.807, 2.05) is 0 Å². The summed E-state index contributed by atoms with van der Waals surface area (Å²) in [4.78, 5) is 5.38. The number of benzene rings is 12. The van der Waals surface area contributed by atoms with E-state index >= 15 is 0 Å². The highest BCUT2D eigenvalue weighted by Gasteiger charge is 2.55. The Morgan fingerprint density at radius 1 is 0.268 bits per heavy atom. The average Bonchev–Trinajstić information content (AvgIpc) is 3.44. The van der Waals surface area contributed by atoms with Crippen LogP contribution in [0.2, 0.25) is 0 Å². The molecule has 2 nitrogen and oxygen atoms in total. The molecule has 0 amide bonds. The smallest absolute Gasteiger partial charge is 0.252 e. The maximum absolute atomic E-state index is 2.70. The first-order valence-electron chi connectivity index (χ1n) is 25.0. The number of nitrogens with zero attached hydrogens (tertiary/aromatic N) is 2. The van der Waals surface area contributed by atoms with Gasteiger partial charge in [0.05, 0.1) is 27.9 Å². The van der Waals surface area contributed by atoms with E-state index in [2.05, 4.69) is 271 Å². The van der Waals surface area contributed by atoms with Crippen LogP contribution in [0, 0.1) is 0 Å². The van der Waals surface area contributed by atoms with Gasteiger partial charge in [0.1, 0.15) is 0 Å². The highest BCUT2D eigenvalue weighted by molar-refractivity contribution is 7.00. The lowest BCUT2D eigenvalue weighted by molar-refractivity contribution is 0.732. The van der Waals surface area contributed by atoms with Crippen molar-refractivity contribution in [3.8, 4) is 0 Å². The predicted molar refractivity (Wildman–Crippen MR) is 297 cm³/mol. The lowest BCUT2D eigenvalue weighted by Crippen LogP contribution is -2.63. The fourth-order valence-corrected chi connectivity index (χ4v) is 14.0. The van der Waals surface area contributed by atoms with Crippen molar-refractivity contribution in [2.24, 2.45) is 0 Å². The Bertz CT molecular complexity index is 4100. The van der Waals surface area contributed by atoms with Crippen LogP contribution in [0.4, 0.5) is 34.1 Å². The van der Waals surface area contributed by atoms with Crippen LogP contribution in [0.5, 0.6) is 0 Å². The molecule has 12 aromatic rings. The van der Waals surface area contributed by atoms with Crippen LogP contribution in [0.3, 0.4) is 0 Å². The minimum Gasteiger partial charge on any atom is -0.311 e. The van der Waals surface area contributed by atoms with Gasteiger partial charge in [-0.1, -0.05) is 231 Å². The standard InChI is InChI=1S/C68H43BN2/c1-5-26-49(27-6-1)67(50-28-7-2-8-29-50)54-35-19-37-58-65(54)70(60-41-46-23-15-13-21-44(46)39-56(60)67)62-43-48-25-17-18-34-53(48)64-63(62)69(58)59-38-20-36-55-66(59)71(64)61-42-47-24-16-14-22-45(47)40-57(61)68(55,51-30-9-3-10-31-51)52-32-11-4-12-33-52/h1-43H. The number of hydrogen-bond acceptors (Lipinski definition) is 2. The fourth-order valence-electron chi connectivity index (χ4n) is 14.0. The molecule has 0 saturated carbocycles. The van der Waals surface area contributed by atoms with E-state index in [1.165, 1.54) is 127 Å². The molecule has 328 valence electrons. The highest BCUT2D eigenvalue weighted by atomic mass is 15.2. The molecule has 0 unspecified atom stereocenters. The van der Waals surface area contributed by atoms with Gasteiger partial charge in [-0.15, -0.1) is 0 Å². The summed E-state index contributed by atoms with van der Waals surface area (Å²) in [6.07, 6.45) is 0. The van der Waals surface area contributed by atoms with Crippen molar-refractivity contribution >= 4 is 89.5 Å². The summed E-state index contributed by atoms with van der Waals surface area (Å²) in [5.41, 5.74) is 20.4. The van der Waals surface area contributed by atoms with Crippen molar-refractivity contribution in [2.45, 2.75) is 10.8 Å². The van der Waals surface area contributed by atoms with Crippen molar-refractivity contribution in [3.63, 3.8) is 0 Å². The van der Waals surface area contributed by atoms with E-state index in [-0.39, 0.29) is 6.71 Å². The molecule has 0 spiro atoms. The molecule has 0 fully saturated rings.